The number of nitrogens with two attached hydrogens (primary N) is 1. The highest BCUT2D eigenvalue weighted by molar-refractivity contribution is 5.85. The third kappa shape index (κ3) is 12.6. The number of ether oxygens (including phenoxy) is 3. The van der Waals surface area contributed by atoms with Crippen LogP contribution in [0.1, 0.15) is 52.5 Å². The third-order valence-electron chi connectivity index (χ3n) is 7.79. The minimum Gasteiger partial charge on any atom is -0.493 e. The molecule has 11 heteroatoms. The average molecular weight is 601 g/mol. The summed E-state index contributed by atoms with van der Waals surface area (Å²) < 4.78 is 16.5. The number of halogens is 1. The van der Waals surface area contributed by atoms with Crippen LogP contribution in [0.3, 0.4) is 0 Å². The summed E-state index contributed by atoms with van der Waals surface area (Å²) in [5.41, 5.74) is 7.67. The molecule has 2 rings (SSSR count). The highest BCUT2D eigenvalue weighted by atomic mass is 35.5. The number of carbonyl (C=O) groups excluding carboxylic acids is 2. The van der Waals surface area contributed by atoms with Gasteiger partial charge in [-0.25, -0.2) is 4.79 Å². The number of nitrogens with one attached hydrogen (secondary N) is 3. The lowest BCUT2D eigenvalue weighted by Crippen LogP contribution is -2.52. The fourth-order valence-corrected chi connectivity index (χ4v) is 4.99. The van der Waals surface area contributed by atoms with E-state index >= 15 is 0 Å². The molecule has 1 aromatic carbocycles. The molecular formula is C30H53ClN4O6. The van der Waals surface area contributed by atoms with Gasteiger partial charge in [-0.1, -0.05) is 33.8 Å². The Labute approximate surface area is 252 Å². The van der Waals surface area contributed by atoms with Gasteiger partial charge >= 0.3 is 6.03 Å². The average Bonchev–Trinajstić information content (AvgIpc) is 2.92. The molecule has 0 spiro atoms. The largest absolute Gasteiger partial charge is 0.493 e. The molecule has 1 saturated heterocycles. The maximum absolute atomic E-state index is 13.0. The molecule has 1 heterocycles. The molecule has 1 aliphatic heterocycles. The first-order chi connectivity index (χ1) is 19.0. The maximum atomic E-state index is 13.0. The number of hydrogen-bond donors (Lipinski definition) is 5. The van der Waals surface area contributed by atoms with Crippen molar-refractivity contribution < 1.29 is 28.9 Å². The van der Waals surface area contributed by atoms with Crippen molar-refractivity contribution in [2.45, 2.75) is 65.5 Å². The zero-order chi connectivity index (χ0) is 29.7. The molecule has 6 N–H and O–H groups in total. The molecule has 0 aliphatic carbocycles. The summed E-state index contributed by atoms with van der Waals surface area (Å²) in [6, 6.07) is 5.36. The van der Waals surface area contributed by atoms with E-state index < -0.39 is 12.1 Å². The molecule has 1 aromatic rings. The lowest BCUT2D eigenvalue weighted by Gasteiger charge is -2.30. The first kappa shape index (κ1) is 36.8. The van der Waals surface area contributed by atoms with Crippen molar-refractivity contribution in [3.05, 3.63) is 23.8 Å². The van der Waals surface area contributed by atoms with Crippen LogP contribution in [0.15, 0.2) is 18.2 Å². The Balaban J connectivity index is 0.00000840. The van der Waals surface area contributed by atoms with Gasteiger partial charge in [0, 0.05) is 57.6 Å². The summed E-state index contributed by atoms with van der Waals surface area (Å²) >= 11 is 0. The number of hydrogen-bond acceptors (Lipinski definition) is 7. The van der Waals surface area contributed by atoms with Gasteiger partial charge in [0.15, 0.2) is 11.5 Å². The summed E-state index contributed by atoms with van der Waals surface area (Å²) in [6.45, 7) is 11.0. The van der Waals surface area contributed by atoms with Crippen molar-refractivity contribution >= 4 is 24.3 Å². The van der Waals surface area contributed by atoms with Crippen LogP contribution in [0.25, 0.3) is 0 Å². The summed E-state index contributed by atoms with van der Waals surface area (Å²) in [4.78, 5) is 24.3. The predicted octanol–water partition coefficient (Wildman–Crippen LogP) is 3.13. The number of aliphatic hydroxyl groups is 1. The number of amides is 3. The first-order valence-corrected chi connectivity index (χ1v) is 14.6. The van der Waals surface area contributed by atoms with Crippen molar-refractivity contribution in [1.82, 2.24) is 16.0 Å². The Kier molecular flexibility index (Phi) is 17.1. The van der Waals surface area contributed by atoms with Crippen molar-refractivity contribution in [1.29, 1.82) is 0 Å². The Morgan fingerprint density at radius 1 is 1.07 bits per heavy atom. The van der Waals surface area contributed by atoms with Gasteiger partial charge in [0.05, 0.1) is 19.8 Å². The van der Waals surface area contributed by atoms with Crippen molar-refractivity contribution in [2.24, 2.45) is 35.3 Å². The Hall–Kier alpha value is -2.27. The molecule has 1 aliphatic rings. The quantitative estimate of drug-likeness (QED) is 0.163. The van der Waals surface area contributed by atoms with E-state index in [0.29, 0.717) is 63.1 Å². The van der Waals surface area contributed by atoms with E-state index in [-0.39, 0.29) is 48.0 Å². The lowest BCUT2D eigenvalue weighted by molar-refractivity contribution is -0.127. The molecule has 0 aromatic heterocycles. The molecule has 0 bridgehead atoms. The number of carbonyl (C=O) groups is 2. The van der Waals surface area contributed by atoms with Gasteiger partial charge in [-0.05, 0) is 54.7 Å². The van der Waals surface area contributed by atoms with Crippen LogP contribution in [-0.4, -0.2) is 76.3 Å². The molecule has 4 atom stereocenters. The molecular weight excluding hydrogens is 548 g/mol. The van der Waals surface area contributed by atoms with Gasteiger partial charge in [0.25, 0.3) is 0 Å². The number of aliphatic hydroxyl groups excluding tert-OH is 1. The minimum absolute atomic E-state index is 0. The molecule has 0 unspecified atom stereocenters. The second-order valence-electron chi connectivity index (χ2n) is 11.6. The normalized spacial score (nSPS) is 16.7. The molecule has 236 valence electrons. The second-order valence-corrected chi connectivity index (χ2v) is 11.6. The molecule has 1 fully saturated rings. The van der Waals surface area contributed by atoms with E-state index in [1.54, 1.807) is 14.2 Å². The SMILES string of the molecule is COCCCOc1cc(C[C@@H](C[C@H](N)[C@@H](O)C[C@H](C(=O)NCC2CNC(=O)NC2)C(C)C)C(C)C)ccc1OC.Cl. The van der Waals surface area contributed by atoms with Crippen LogP contribution in [0.2, 0.25) is 0 Å². The van der Waals surface area contributed by atoms with E-state index in [2.05, 4.69) is 29.8 Å². The number of urea groups is 1. The van der Waals surface area contributed by atoms with E-state index in [9.17, 15) is 14.7 Å². The maximum Gasteiger partial charge on any atom is 0.314 e. The first-order valence-electron chi connectivity index (χ1n) is 14.6. The van der Waals surface area contributed by atoms with Gasteiger partial charge in [-0.3, -0.25) is 4.79 Å². The molecule has 41 heavy (non-hydrogen) atoms. The topological polar surface area (TPSA) is 144 Å². The van der Waals surface area contributed by atoms with Crippen molar-refractivity contribution in [3.63, 3.8) is 0 Å². The van der Waals surface area contributed by atoms with Crippen LogP contribution >= 0.6 is 12.4 Å². The standard InChI is InChI=1S/C30H52N4O6.ClH/c1-19(2)23(12-21-8-9-27(39-6)28(13-21)40-11-7-10-38-5)14-25(31)26(35)15-24(20(3)4)29(36)32-16-22-17-33-30(37)34-18-22;/h8-9,13,19-20,22-26,35H,7,10-12,14-18,31H2,1-6H3,(H,32,36)(H2,33,34,37);1H/t23-,24-,25-,26-;/m0./s1. The molecule has 0 radical (unpaired) electrons. The van der Waals surface area contributed by atoms with Crippen LogP contribution in [0.4, 0.5) is 4.79 Å². The smallest absolute Gasteiger partial charge is 0.314 e. The predicted molar refractivity (Wildman–Crippen MR) is 164 cm³/mol. The number of methoxy groups -OCH3 is 2. The summed E-state index contributed by atoms with van der Waals surface area (Å²) in [7, 11) is 3.30. The number of rotatable bonds is 18. The highest BCUT2D eigenvalue weighted by Gasteiger charge is 2.30. The van der Waals surface area contributed by atoms with Crippen LogP contribution in [-0.2, 0) is 16.0 Å². The zero-order valence-corrected chi connectivity index (χ0v) is 26.4. The van der Waals surface area contributed by atoms with E-state index in [1.165, 1.54) is 0 Å². The molecule has 10 nitrogen and oxygen atoms in total. The van der Waals surface area contributed by atoms with E-state index in [1.807, 2.05) is 32.0 Å². The summed E-state index contributed by atoms with van der Waals surface area (Å²) in [5.74, 6) is 1.71. The van der Waals surface area contributed by atoms with Gasteiger partial charge in [-0.15, -0.1) is 12.4 Å². The minimum atomic E-state index is -0.800. The van der Waals surface area contributed by atoms with Gasteiger partial charge in [-0.2, -0.15) is 0 Å². The van der Waals surface area contributed by atoms with Gasteiger partial charge in [0.2, 0.25) is 5.91 Å². The lowest BCUT2D eigenvalue weighted by atomic mass is 9.80. The Morgan fingerprint density at radius 3 is 2.34 bits per heavy atom. The monoisotopic (exact) mass is 600 g/mol. The van der Waals surface area contributed by atoms with E-state index in [4.69, 9.17) is 19.9 Å². The fourth-order valence-electron chi connectivity index (χ4n) is 4.99. The van der Waals surface area contributed by atoms with Crippen molar-refractivity contribution in [3.8, 4) is 11.5 Å². The van der Waals surface area contributed by atoms with E-state index in [0.717, 1.165) is 18.4 Å². The molecule has 0 saturated carbocycles. The third-order valence-corrected chi connectivity index (χ3v) is 7.79. The van der Waals surface area contributed by atoms with Gasteiger partial charge in [0.1, 0.15) is 0 Å². The fraction of sp³-hybridized carbons (Fsp3) is 0.733. The summed E-state index contributed by atoms with van der Waals surface area (Å²) in [6.07, 6.45) is 1.71. The van der Waals surface area contributed by atoms with Crippen LogP contribution in [0, 0.1) is 29.6 Å². The van der Waals surface area contributed by atoms with Crippen LogP contribution in [0.5, 0.6) is 11.5 Å². The second kappa shape index (κ2) is 19.0. The Bertz CT molecular complexity index is 909. The molecule has 3 amide bonds. The number of benzene rings is 1. The highest BCUT2D eigenvalue weighted by Crippen LogP contribution is 2.31. The van der Waals surface area contributed by atoms with Gasteiger partial charge < -0.3 is 41.0 Å². The Morgan fingerprint density at radius 2 is 1.76 bits per heavy atom. The summed E-state index contributed by atoms with van der Waals surface area (Å²) in [5, 5.41) is 19.6. The van der Waals surface area contributed by atoms with Crippen molar-refractivity contribution in [2.75, 3.05) is 47.1 Å². The van der Waals surface area contributed by atoms with Crippen LogP contribution < -0.4 is 31.2 Å². The zero-order valence-electron chi connectivity index (χ0n) is 25.6.